The lowest BCUT2D eigenvalue weighted by Gasteiger charge is -2.25. The van der Waals surface area contributed by atoms with Crippen LogP contribution in [-0.4, -0.2) is 42.4 Å². The zero-order valence-electron chi connectivity index (χ0n) is 17.4. The van der Waals surface area contributed by atoms with Crippen LogP contribution in [0.15, 0.2) is 30.5 Å². The third kappa shape index (κ3) is 3.47. The summed E-state index contributed by atoms with van der Waals surface area (Å²) in [6.07, 6.45) is 7.83. The third-order valence-corrected chi connectivity index (χ3v) is 9.33. The Morgan fingerprint density at radius 1 is 1.23 bits per heavy atom. The first-order valence-corrected chi connectivity index (χ1v) is 13.0. The van der Waals surface area contributed by atoms with E-state index in [4.69, 9.17) is 10.1 Å². The minimum atomic E-state index is -3.18. The molecule has 1 saturated heterocycles. The molecule has 1 saturated carbocycles. The van der Waals surface area contributed by atoms with E-state index in [9.17, 15) is 8.42 Å². The van der Waals surface area contributed by atoms with E-state index < -0.39 is 10.0 Å². The first kappa shape index (κ1) is 19.8. The van der Waals surface area contributed by atoms with Gasteiger partial charge in [0.05, 0.1) is 29.4 Å². The van der Waals surface area contributed by atoms with Crippen LogP contribution in [0.5, 0.6) is 0 Å². The van der Waals surface area contributed by atoms with Gasteiger partial charge < -0.3 is 4.90 Å². The number of aromatic nitrogens is 3. The molecule has 1 aromatic carbocycles. The van der Waals surface area contributed by atoms with Crippen molar-refractivity contribution in [3.63, 3.8) is 0 Å². The fourth-order valence-corrected chi connectivity index (χ4v) is 7.01. The van der Waals surface area contributed by atoms with E-state index >= 15 is 0 Å². The monoisotopic (exact) mass is 445 g/mol. The topological polar surface area (TPSA) is 70.8 Å². The van der Waals surface area contributed by atoms with Gasteiger partial charge in [-0.1, -0.05) is 36.3 Å². The molecule has 1 aliphatic carbocycles. The average Bonchev–Trinajstić information content (AvgIpc) is 3.49. The molecule has 30 heavy (non-hydrogen) atoms. The SMILES string of the molecule is CC(c1cccc(N2CCCS2(=O)=O)c1)N(C)c1nn2cc(C3CCCC3)nc2s1. The molecule has 0 bridgehead atoms. The maximum absolute atomic E-state index is 12.3. The van der Waals surface area contributed by atoms with Crippen molar-refractivity contribution in [1.82, 2.24) is 14.6 Å². The van der Waals surface area contributed by atoms with E-state index in [1.54, 1.807) is 11.3 Å². The Bertz CT molecular complexity index is 1130. The number of anilines is 2. The standard InChI is InChI=1S/C21H27N5O2S2/c1-15(17-9-5-10-18(13-17)26-11-6-12-30(26,27)28)24(2)21-23-25-14-19(22-20(25)29-21)16-7-3-4-8-16/h5,9-10,13-16H,3-4,6-8,11-12H2,1-2H3. The van der Waals surface area contributed by atoms with Crippen LogP contribution in [0.3, 0.4) is 0 Å². The van der Waals surface area contributed by atoms with Gasteiger partial charge in [-0.3, -0.25) is 4.31 Å². The van der Waals surface area contributed by atoms with Crippen molar-refractivity contribution < 1.29 is 8.42 Å². The third-order valence-electron chi connectivity index (χ3n) is 6.45. The smallest absolute Gasteiger partial charge is 0.235 e. The summed E-state index contributed by atoms with van der Waals surface area (Å²) in [6, 6.07) is 7.90. The maximum atomic E-state index is 12.3. The van der Waals surface area contributed by atoms with Crippen LogP contribution in [0.2, 0.25) is 0 Å². The lowest BCUT2D eigenvalue weighted by Crippen LogP contribution is -2.26. The van der Waals surface area contributed by atoms with Crippen LogP contribution in [0.4, 0.5) is 10.8 Å². The van der Waals surface area contributed by atoms with Crippen LogP contribution in [0, 0.1) is 0 Å². The lowest BCUT2D eigenvalue weighted by molar-refractivity contribution is 0.599. The molecule has 5 rings (SSSR count). The first-order valence-electron chi connectivity index (χ1n) is 10.6. The van der Waals surface area contributed by atoms with E-state index in [-0.39, 0.29) is 11.8 Å². The van der Waals surface area contributed by atoms with Gasteiger partial charge >= 0.3 is 0 Å². The summed E-state index contributed by atoms with van der Waals surface area (Å²) in [7, 11) is -1.15. The highest BCUT2D eigenvalue weighted by Crippen LogP contribution is 2.36. The molecule has 0 N–H and O–H groups in total. The van der Waals surface area contributed by atoms with Crippen LogP contribution in [0.25, 0.3) is 4.96 Å². The van der Waals surface area contributed by atoms with E-state index in [2.05, 4.69) is 18.0 Å². The number of benzene rings is 1. The molecule has 1 unspecified atom stereocenters. The molecule has 9 heteroatoms. The summed E-state index contributed by atoms with van der Waals surface area (Å²) in [5.41, 5.74) is 2.99. The van der Waals surface area contributed by atoms with E-state index in [1.165, 1.54) is 35.7 Å². The van der Waals surface area contributed by atoms with Crippen molar-refractivity contribution in [3.05, 3.63) is 41.7 Å². The van der Waals surface area contributed by atoms with Gasteiger partial charge in [-0.15, -0.1) is 5.10 Å². The molecule has 1 atom stereocenters. The van der Waals surface area contributed by atoms with Crippen LogP contribution in [-0.2, 0) is 10.0 Å². The molecule has 2 aliphatic rings. The Labute approximate surface area is 181 Å². The number of hydrogen-bond donors (Lipinski definition) is 0. The Morgan fingerprint density at radius 2 is 2.03 bits per heavy atom. The maximum Gasteiger partial charge on any atom is 0.235 e. The second-order valence-corrected chi connectivity index (χ2v) is 11.3. The number of rotatable bonds is 5. The molecular weight excluding hydrogens is 418 g/mol. The molecule has 3 aromatic rings. The normalized spacial score (nSPS) is 20.3. The van der Waals surface area contributed by atoms with Crippen molar-refractivity contribution in [2.45, 2.75) is 51.0 Å². The van der Waals surface area contributed by atoms with Crippen molar-refractivity contribution in [1.29, 1.82) is 0 Å². The summed E-state index contributed by atoms with van der Waals surface area (Å²) in [5.74, 6) is 0.817. The fraction of sp³-hybridized carbons (Fsp3) is 0.524. The van der Waals surface area contributed by atoms with Crippen LogP contribution >= 0.6 is 11.3 Å². The van der Waals surface area contributed by atoms with Gasteiger partial charge in [0.15, 0.2) is 0 Å². The quantitative estimate of drug-likeness (QED) is 0.589. The number of imidazole rings is 1. The highest BCUT2D eigenvalue weighted by Gasteiger charge is 2.29. The van der Waals surface area contributed by atoms with Crippen molar-refractivity contribution in [2.75, 3.05) is 28.6 Å². The Kier molecular flexibility index (Phi) is 4.97. The average molecular weight is 446 g/mol. The van der Waals surface area contributed by atoms with Gasteiger partial charge in [-0.25, -0.2) is 17.9 Å². The highest BCUT2D eigenvalue weighted by molar-refractivity contribution is 7.93. The Hall–Kier alpha value is -2.13. The molecule has 7 nitrogen and oxygen atoms in total. The number of nitrogens with zero attached hydrogens (tertiary/aromatic N) is 5. The highest BCUT2D eigenvalue weighted by atomic mass is 32.2. The predicted octanol–water partition coefficient (Wildman–Crippen LogP) is 4.19. The van der Waals surface area contributed by atoms with Crippen molar-refractivity contribution in [2.24, 2.45) is 0 Å². The number of fused-ring (bicyclic) bond motifs is 1. The number of hydrogen-bond acceptors (Lipinski definition) is 6. The van der Waals surface area contributed by atoms with E-state index in [0.717, 1.165) is 21.3 Å². The minimum absolute atomic E-state index is 0.0559. The second-order valence-electron chi connectivity index (χ2n) is 8.38. The van der Waals surface area contributed by atoms with Gasteiger partial charge in [0, 0.05) is 19.5 Å². The zero-order valence-corrected chi connectivity index (χ0v) is 19.0. The molecule has 0 amide bonds. The molecular formula is C21H27N5O2S2. The van der Waals surface area contributed by atoms with Gasteiger partial charge in [0.1, 0.15) is 0 Å². The van der Waals surface area contributed by atoms with Crippen LogP contribution in [0.1, 0.15) is 62.2 Å². The first-order chi connectivity index (χ1) is 14.4. The van der Waals surface area contributed by atoms with E-state index in [1.807, 2.05) is 35.8 Å². The summed E-state index contributed by atoms with van der Waals surface area (Å²) in [6.45, 7) is 2.68. The van der Waals surface area contributed by atoms with Gasteiger partial charge in [0.2, 0.25) is 20.1 Å². The molecule has 0 spiro atoms. The van der Waals surface area contributed by atoms with Crippen molar-refractivity contribution in [3.8, 4) is 0 Å². The van der Waals surface area contributed by atoms with Gasteiger partial charge in [-0.2, -0.15) is 0 Å². The van der Waals surface area contributed by atoms with Gasteiger partial charge in [0.25, 0.3) is 0 Å². The molecule has 3 heterocycles. The molecule has 2 fully saturated rings. The van der Waals surface area contributed by atoms with Crippen molar-refractivity contribution >= 4 is 37.1 Å². The predicted molar refractivity (Wildman–Crippen MR) is 121 cm³/mol. The van der Waals surface area contributed by atoms with E-state index in [0.29, 0.717) is 18.9 Å². The number of sulfonamides is 1. The summed E-state index contributed by atoms with van der Waals surface area (Å²) in [5, 5.41) is 5.67. The molecule has 2 aromatic heterocycles. The summed E-state index contributed by atoms with van der Waals surface area (Å²) in [4.78, 5) is 7.90. The second kappa shape index (κ2) is 7.53. The summed E-state index contributed by atoms with van der Waals surface area (Å²) >= 11 is 1.60. The summed E-state index contributed by atoms with van der Waals surface area (Å²) < 4.78 is 28.0. The lowest BCUT2D eigenvalue weighted by atomic mass is 10.1. The molecule has 1 aliphatic heterocycles. The minimum Gasteiger partial charge on any atom is -0.343 e. The van der Waals surface area contributed by atoms with Crippen LogP contribution < -0.4 is 9.21 Å². The molecule has 160 valence electrons. The zero-order chi connectivity index (χ0) is 20.9. The van der Waals surface area contributed by atoms with Gasteiger partial charge in [-0.05, 0) is 43.9 Å². The largest absolute Gasteiger partial charge is 0.343 e. The Balaban J connectivity index is 1.37. The fourth-order valence-electron chi connectivity index (χ4n) is 4.53. The molecule has 0 radical (unpaired) electrons. The Morgan fingerprint density at radius 3 is 2.73 bits per heavy atom.